The van der Waals surface area contributed by atoms with Crippen LogP contribution in [0.25, 0.3) is 0 Å². The Bertz CT molecular complexity index is 1470. The van der Waals surface area contributed by atoms with Gasteiger partial charge < -0.3 is 29.7 Å². The largest absolute Gasteiger partial charge is 0.455 e. The minimum atomic E-state index is -1.46. The summed E-state index contributed by atoms with van der Waals surface area (Å²) in [6, 6.07) is 17.0. The molecular formula is C35H39N3O7. The van der Waals surface area contributed by atoms with Crippen LogP contribution in [0.1, 0.15) is 43.4 Å². The van der Waals surface area contributed by atoms with Crippen LogP contribution >= 0.6 is 0 Å². The number of allylic oxidation sites excluding steroid dienone is 1. The van der Waals surface area contributed by atoms with Crippen LogP contribution in [0.5, 0.6) is 0 Å². The standard InChI is InChI=1S/C35H39N3O7/c1-2-25(22-39)38-31-33(42)37(21-23-12-5-3-6-13-23)19-11-18-35(31)30(32(38)41)29-26(45-35)16-9-10-17-28(40)36-20-27(44-34(29)43)24-14-7-4-8-15-24/h3-9,11-16,18,25-27,29-31,39H,2,10,17,19-22H2,1H3,(H,36,40)/b16-9-/t25-,26+,27-,29-,30-,31+,35-/m0/s1. The number of hydrogen-bond acceptors (Lipinski definition) is 7. The number of nitrogens with zero attached hydrogens (tertiary/aromatic N) is 2. The summed E-state index contributed by atoms with van der Waals surface area (Å²) in [6.07, 6.45) is 6.49. The van der Waals surface area contributed by atoms with Gasteiger partial charge >= 0.3 is 5.97 Å². The smallest absolute Gasteiger partial charge is 0.313 e. The molecule has 2 aromatic carbocycles. The lowest BCUT2D eigenvalue weighted by atomic mass is 9.78. The summed E-state index contributed by atoms with van der Waals surface area (Å²) in [7, 11) is 0. The average Bonchev–Trinajstić information content (AvgIpc) is 3.45. The van der Waals surface area contributed by atoms with Crippen molar-refractivity contribution in [2.24, 2.45) is 11.8 Å². The van der Waals surface area contributed by atoms with Crippen LogP contribution in [-0.4, -0.2) is 82.1 Å². The monoisotopic (exact) mass is 613 g/mol. The van der Waals surface area contributed by atoms with Gasteiger partial charge in [0.1, 0.15) is 23.7 Å². The molecule has 2 N–H and O–H groups in total. The number of amides is 3. The molecular weight excluding hydrogens is 574 g/mol. The van der Waals surface area contributed by atoms with Gasteiger partial charge in [0.2, 0.25) is 17.7 Å². The molecule has 4 aliphatic rings. The number of fused-ring (bicyclic) bond motifs is 2. The number of nitrogens with one attached hydrogen (secondary N) is 1. The van der Waals surface area contributed by atoms with E-state index in [0.717, 1.165) is 5.56 Å². The van der Waals surface area contributed by atoms with Crippen LogP contribution in [0.3, 0.4) is 0 Å². The summed E-state index contributed by atoms with van der Waals surface area (Å²) in [5, 5.41) is 13.2. The van der Waals surface area contributed by atoms with Crippen molar-refractivity contribution in [3.63, 3.8) is 0 Å². The summed E-state index contributed by atoms with van der Waals surface area (Å²) in [5.41, 5.74) is 0.179. The summed E-state index contributed by atoms with van der Waals surface area (Å²) < 4.78 is 12.8. The highest BCUT2D eigenvalue weighted by Gasteiger charge is 2.72. The Kier molecular flexibility index (Phi) is 8.87. The van der Waals surface area contributed by atoms with Crippen molar-refractivity contribution in [2.45, 2.75) is 62.6 Å². The van der Waals surface area contributed by atoms with Crippen LogP contribution in [0, 0.1) is 11.8 Å². The minimum absolute atomic E-state index is 0.0737. The molecule has 10 heteroatoms. The number of rotatable bonds is 6. The fraction of sp³-hybridized carbons (Fsp3) is 0.429. The van der Waals surface area contributed by atoms with E-state index < -0.39 is 53.6 Å². The van der Waals surface area contributed by atoms with Gasteiger partial charge in [-0.15, -0.1) is 0 Å². The Balaban J connectivity index is 1.42. The van der Waals surface area contributed by atoms with E-state index >= 15 is 0 Å². The number of cyclic esters (lactones) is 1. The predicted octanol–water partition coefficient (Wildman–Crippen LogP) is 2.69. The number of aliphatic hydroxyl groups is 1. The van der Waals surface area contributed by atoms with Crippen molar-refractivity contribution < 1.29 is 33.8 Å². The second-order valence-electron chi connectivity index (χ2n) is 12.0. The molecule has 7 atom stereocenters. The van der Waals surface area contributed by atoms with E-state index in [9.17, 15) is 24.3 Å². The first-order valence-electron chi connectivity index (χ1n) is 15.7. The first kappa shape index (κ1) is 30.7. The number of likely N-dealkylation sites (tertiary alicyclic amines) is 1. The van der Waals surface area contributed by atoms with Gasteiger partial charge in [-0.25, -0.2) is 0 Å². The molecule has 0 aromatic heterocycles. The average molecular weight is 614 g/mol. The van der Waals surface area contributed by atoms with Crippen molar-refractivity contribution in [2.75, 3.05) is 19.7 Å². The first-order chi connectivity index (χ1) is 21.9. The zero-order valence-corrected chi connectivity index (χ0v) is 25.3. The molecule has 2 aromatic rings. The van der Waals surface area contributed by atoms with Crippen LogP contribution in [0.4, 0.5) is 0 Å². The predicted molar refractivity (Wildman–Crippen MR) is 164 cm³/mol. The van der Waals surface area contributed by atoms with E-state index in [1.165, 1.54) is 4.90 Å². The van der Waals surface area contributed by atoms with E-state index in [2.05, 4.69) is 5.32 Å². The molecule has 2 saturated heterocycles. The highest BCUT2D eigenvalue weighted by Crippen LogP contribution is 2.54. The summed E-state index contributed by atoms with van der Waals surface area (Å²) in [6.45, 7) is 2.20. The van der Waals surface area contributed by atoms with Crippen molar-refractivity contribution >= 4 is 23.7 Å². The Hall–Kier alpha value is -4.28. The number of carbonyl (C=O) groups is 4. The molecule has 3 amide bonds. The lowest BCUT2D eigenvalue weighted by Crippen LogP contribution is -2.57. The maximum absolute atomic E-state index is 14.5. The van der Waals surface area contributed by atoms with Gasteiger partial charge in [0.05, 0.1) is 31.2 Å². The van der Waals surface area contributed by atoms with E-state index in [-0.39, 0.29) is 31.4 Å². The molecule has 1 spiro atoms. The number of ether oxygens (including phenoxy) is 2. The van der Waals surface area contributed by atoms with Crippen LogP contribution < -0.4 is 5.32 Å². The molecule has 4 aliphatic heterocycles. The van der Waals surface area contributed by atoms with Crippen molar-refractivity contribution in [3.05, 3.63) is 96.1 Å². The Morgan fingerprint density at radius 3 is 2.44 bits per heavy atom. The van der Waals surface area contributed by atoms with Crippen LogP contribution in [-0.2, 0) is 35.2 Å². The van der Waals surface area contributed by atoms with Gasteiger partial charge in [-0.1, -0.05) is 91.9 Å². The van der Waals surface area contributed by atoms with E-state index in [1.54, 1.807) is 23.1 Å². The first-order valence-corrected chi connectivity index (χ1v) is 15.7. The van der Waals surface area contributed by atoms with Gasteiger partial charge in [0.15, 0.2) is 0 Å². The maximum Gasteiger partial charge on any atom is 0.313 e. The summed E-state index contributed by atoms with van der Waals surface area (Å²) in [4.78, 5) is 59.0. The fourth-order valence-corrected chi connectivity index (χ4v) is 7.15. The molecule has 0 unspecified atom stereocenters. The minimum Gasteiger partial charge on any atom is -0.455 e. The second kappa shape index (κ2) is 13.0. The van der Waals surface area contributed by atoms with Crippen molar-refractivity contribution in [3.8, 4) is 0 Å². The van der Waals surface area contributed by atoms with Gasteiger partial charge in [-0.05, 0) is 24.0 Å². The fourth-order valence-electron chi connectivity index (χ4n) is 7.15. The zero-order chi connectivity index (χ0) is 31.6. The highest BCUT2D eigenvalue weighted by atomic mass is 16.6. The van der Waals surface area contributed by atoms with Crippen LogP contribution in [0.2, 0.25) is 0 Å². The van der Waals surface area contributed by atoms with E-state index in [1.807, 2.05) is 73.7 Å². The van der Waals surface area contributed by atoms with E-state index in [4.69, 9.17) is 9.47 Å². The molecule has 45 heavy (non-hydrogen) atoms. The molecule has 4 heterocycles. The normalized spacial score (nSPS) is 31.5. The summed E-state index contributed by atoms with van der Waals surface area (Å²) >= 11 is 0. The lowest BCUT2D eigenvalue weighted by Gasteiger charge is -2.38. The van der Waals surface area contributed by atoms with Gasteiger partial charge in [0, 0.05) is 19.5 Å². The van der Waals surface area contributed by atoms with Gasteiger partial charge in [-0.3, -0.25) is 19.2 Å². The number of hydrogen-bond donors (Lipinski definition) is 2. The molecule has 0 saturated carbocycles. The number of benzene rings is 2. The molecule has 6 rings (SSSR count). The summed E-state index contributed by atoms with van der Waals surface area (Å²) in [5.74, 6) is -3.67. The van der Waals surface area contributed by atoms with Gasteiger partial charge in [0.25, 0.3) is 0 Å². The van der Waals surface area contributed by atoms with Crippen LogP contribution in [0.15, 0.2) is 85.0 Å². The molecule has 10 nitrogen and oxygen atoms in total. The van der Waals surface area contributed by atoms with Crippen molar-refractivity contribution in [1.82, 2.24) is 15.1 Å². The molecule has 0 bridgehead atoms. The third kappa shape index (κ3) is 5.68. The second-order valence-corrected chi connectivity index (χ2v) is 12.0. The Morgan fingerprint density at radius 1 is 1.00 bits per heavy atom. The number of carbonyl (C=O) groups excluding carboxylic acids is 4. The zero-order valence-electron chi connectivity index (χ0n) is 25.3. The maximum atomic E-state index is 14.5. The van der Waals surface area contributed by atoms with Crippen molar-refractivity contribution in [1.29, 1.82) is 0 Å². The van der Waals surface area contributed by atoms with Gasteiger partial charge in [-0.2, -0.15) is 0 Å². The number of aliphatic hydroxyl groups excluding tert-OH is 1. The third-order valence-corrected chi connectivity index (χ3v) is 9.36. The molecule has 236 valence electrons. The molecule has 0 aliphatic carbocycles. The topological polar surface area (TPSA) is 125 Å². The third-order valence-electron chi connectivity index (χ3n) is 9.36. The van der Waals surface area contributed by atoms with E-state index in [0.29, 0.717) is 31.5 Å². The molecule has 2 fully saturated rings. The highest BCUT2D eigenvalue weighted by molar-refractivity contribution is 5.99. The quantitative estimate of drug-likeness (QED) is 0.379. The molecule has 0 radical (unpaired) electrons. The Labute approximate surface area is 262 Å². The SMILES string of the molecule is CC[C@@H](CO)N1C(=O)[C@@H]2[C@H]3C(=O)O[C@H](c4ccccc4)CNC(=O)CC/C=C\[C@H]3O[C@@]23C=CCN(Cc2ccccc2)C(=O)[C@@H]13. The number of esters is 1. The lowest BCUT2D eigenvalue weighted by molar-refractivity contribution is -0.160. The Morgan fingerprint density at radius 2 is 1.73 bits per heavy atom.